The second-order valence-corrected chi connectivity index (χ2v) is 15.0. The Morgan fingerprint density at radius 3 is 1.25 bits per heavy atom. The van der Waals surface area contributed by atoms with Crippen LogP contribution in [0.25, 0.3) is 0 Å². The zero-order valence-corrected chi connectivity index (χ0v) is 33.5. The van der Waals surface area contributed by atoms with Crippen molar-refractivity contribution in [2.24, 2.45) is 23.5 Å². The molecule has 5 rings (SSSR count). The fraction of sp³-hybridized carbons (Fsp3) is 0.326. The minimum Gasteiger partial charge on any atom is -0.423 e. The average Bonchev–Trinajstić information content (AvgIpc) is 3.27. The van der Waals surface area contributed by atoms with E-state index in [1.807, 2.05) is 60.7 Å². The van der Waals surface area contributed by atoms with Crippen LogP contribution in [-0.2, 0) is 59.7 Å². The molecule has 320 valence electrons. The second-order valence-electron chi connectivity index (χ2n) is 15.0. The number of rotatable bonds is 21. The molecule has 1 aliphatic rings. The maximum Gasteiger partial charge on any atom is 0.488 e. The number of ether oxygens (including phenoxy) is 2. The monoisotopic (exact) mass is 835 g/mol. The Balaban J connectivity index is 1.26. The van der Waals surface area contributed by atoms with Crippen LogP contribution in [0.15, 0.2) is 109 Å². The molecule has 4 aromatic carbocycles. The zero-order valence-electron chi connectivity index (χ0n) is 33.5. The van der Waals surface area contributed by atoms with Crippen molar-refractivity contribution in [3.63, 3.8) is 0 Å². The van der Waals surface area contributed by atoms with Crippen molar-refractivity contribution in [2.45, 2.75) is 57.6 Å². The fourth-order valence-corrected chi connectivity index (χ4v) is 6.90. The zero-order chi connectivity index (χ0) is 43.7. The molecule has 1 fully saturated rings. The third kappa shape index (κ3) is 14.7. The highest BCUT2D eigenvalue weighted by Gasteiger charge is 2.40. The summed E-state index contributed by atoms with van der Waals surface area (Å²) in [7, 11) is -3.29. The summed E-state index contributed by atoms with van der Waals surface area (Å²) in [5.74, 6) is -5.68. The van der Waals surface area contributed by atoms with E-state index >= 15 is 0 Å². The number of hydrogen-bond acceptors (Lipinski definition) is 11. The summed E-state index contributed by atoms with van der Waals surface area (Å²) in [6.07, 6.45) is 0.0544. The smallest absolute Gasteiger partial charge is 0.423 e. The van der Waals surface area contributed by atoms with E-state index in [1.165, 1.54) is 24.3 Å². The van der Waals surface area contributed by atoms with Crippen LogP contribution in [0.4, 0.5) is 0 Å². The van der Waals surface area contributed by atoms with Crippen LogP contribution in [0.1, 0.15) is 41.5 Å². The van der Waals surface area contributed by atoms with Gasteiger partial charge >= 0.3 is 14.2 Å². The van der Waals surface area contributed by atoms with E-state index in [4.69, 9.17) is 15.2 Å². The number of amides is 5. The molecule has 0 aliphatic heterocycles. The summed E-state index contributed by atoms with van der Waals surface area (Å²) in [6.45, 7) is 0.0301. The van der Waals surface area contributed by atoms with Gasteiger partial charge in [0.1, 0.15) is 12.1 Å². The lowest BCUT2D eigenvalue weighted by atomic mass is 9.74. The van der Waals surface area contributed by atoms with E-state index in [1.54, 1.807) is 24.3 Å². The SMILES string of the molecule is NC(=O)[C@H]1C[C@@H](C(=O)N[C@@H](COCc2ccccc2)C(=O)NCc2ccc(B(O)O)cc2)C[C@@H](C(=O)N[C@@H](COCc2ccccc2)C(=O)NCc2ccc(B(O)O)cc2)C1. The van der Waals surface area contributed by atoms with Crippen molar-refractivity contribution in [3.05, 3.63) is 131 Å². The minimum atomic E-state index is -1.64. The van der Waals surface area contributed by atoms with E-state index in [0.717, 1.165) is 11.1 Å². The van der Waals surface area contributed by atoms with Gasteiger partial charge in [-0.05, 0) is 52.4 Å². The highest BCUT2D eigenvalue weighted by atomic mass is 16.5. The first-order chi connectivity index (χ1) is 29.4. The average molecular weight is 836 g/mol. The van der Waals surface area contributed by atoms with Crippen molar-refractivity contribution in [1.29, 1.82) is 0 Å². The van der Waals surface area contributed by atoms with Crippen molar-refractivity contribution in [2.75, 3.05) is 13.2 Å². The van der Waals surface area contributed by atoms with Crippen molar-refractivity contribution >= 4 is 54.7 Å². The number of nitrogens with two attached hydrogens (primary N) is 1. The number of benzene rings is 4. The third-order valence-electron chi connectivity index (χ3n) is 10.4. The van der Waals surface area contributed by atoms with Crippen LogP contribution in [0.3, 0.4) is 0 Å². The van der Waals surface area contributed by atoms with Crippen LogP contribution in [-0.4, -0.2) is 89.2 Å². The molecule has 5 atom stereocenters. The third-order valence-corrected chi connectivity index (χ3v) is 10.4. The number of hydrogen-bond donors (Lipinski definition) is 9. The molecule has 16 nitrogen and oxygen atoms in total. The van der Waals surface area contributed by atoms with Crippen molar-refractivity contribution < 1.29 is 53.5 Å². The van der Waals surface area contributed by atoms with E-state index in [9.17, 15) is 44.1 Å². The number of nitrogens with one attached hydrogen (secondary N) is 4. The number of carbonyl (C=O) groups is 5. The lowest BCUT2D eigenvalue weighted by Crippen LogP contribution is -2.54. The topological polar surface area (TPSA) is 259 Å². The molecule has 1 aliphatic carbocycles. The van der Waals surface area contributed by atoms with Crippen LogP contribution < -0.4 is 37.9 Å². The second kappa shape index (κ2) is 23.2. The van der Waals surface area contributed by atoms with E-state index in [0.29, 0.717) is 11.1 Å². The molecule has 1 saturated carbocycles. The molecule has 4 aromatic rings. The van der Waals surface area contributed by atoms with Gasteiger partial charge in [0.15, 0.2) is 0 Å². The van der Waals surface area contributed by atoms with Gasteiger partial charge in [0.05, 0.1) is 26.4 Å². The van der Waals surface area contributed by atoms with Crippen molar-refractivity contribution in [3.8, 4) is 0 Å². The Labute approximate surface area is 354 Å². The summed E-state index contributed by atoms with van der Waals surface area (Å²) in [6, 6.07) is 28.7. The maximum absolute atomic E-state index is 14.0. The highest BCUT2D eigenvalue weighted by molar-refractivity contribution is 6.58. The first kappa shape index (κ1) is 46.2. The van der Waals surface area contributed by atoms with Gasteiger partial charge in [-0.3, -0.25) is 24.0 Å². The molecule has 10 N–H and O–H groups in total. The predicted octanol–water partition coefficient (Wildman–Crippen LogP) is -1.10. The van der Waals surface area contributed by atoms with Gasteiger partial charge in [-0.1, -0.05) is 109 Å². The Kier molecular flexibility index (Phi) is 17.6. The van der Waals surface area contributed by atoms with E-state index in [2.05, 4.69) is 21.3 Å². The van der Waals surface area contributed by atoms with E-state index < -0.39 is 73.6 Å². The van der Waals surface area contributed by atoms with Crippen molar-refractivity contribution in [1.82, 2.24) is 21.3 Å². The van der Waals surface area contributed by atoms with Gasteiger partial charge < -0.3 is 56.6 Å². The quantitative estimate of drug-likeness (QED) is 0.0456. The molecule has 0 heterocycles. The predicted molar refractivity (Wildman–Crippen MR) is 226 cm³/mol. The lowest BCUT2D eigenvalue weighted by molar-refractivity contribution is -0.139. The number of carbonyl (C=O) groups excluding carboxylic acids is 5. The summed E-state index contributed by atoms with van der Waals surface area (Å²) in [4.78, 5) is 67.6. The summed E-state index contributed by atoms with van der Waals surface area (Å²) in [5, 5.41) is 48.7. The standard InChI is InChI=1S/C43H51B2N5O11/c46-39(51)32-19-33(40(52)49-37(26-60-24-30-7-3-1-4-8-30)42(54)47-22-28-11-15-35(16-12-28)44(56)57)21-34(20-32)41(53)50-38(27-61-25-31-9-5-2-6-10-31)43(55)48-23-29-13-17-36(18-14-29)45(58)59/h1-18,32-34,37-38,56-59H,19-27H2,(H2,46,51)(H,47,54)(H,48,55)(H,49,52)(H,50,53)/t32-,33+,34-,37-,38-/m0/s1. The Morgan fingerprint density at radius 1 is 0.541 bits per heavy atom. The van der Waals surface area contributed by atoms with Gasteiger partial charge in [-0.25, -0.2) is 0 Å². The molecule has 18 heteroatoms. The molecule has 0 unspecified atom stereocenters. The molecular formula is C43H51B2N5O11. The normalized spacial score (nSPS) is 17.0. The number of primary amides is 1. The highest BCUT2D eigenvalue weighted by Crippen LogP contribution is 2.34. The first-order valence-electron chi connectivity index (χ1n) is 19.9. The molecule has 5 amide bonds. The fourth-order valence-electron chi connectivity index (χ4n) is 6.90. The Morgan fingerprint density at radius 2 is 0.902 bits per heavy atom. The molecule has 0 aromatic heterocycles. The minimum absolute atomic E-state index is 0.00795. The molecule has 0 saturated heterocycles. The van der Waals surface area contributed by atoms with Gasteiger partial charge in [-0.2, -0.15) is 0 Å². The van der Waals surface area contributed by atoms with E-state index in [-0.39, 0.29) is 69.7 Å². The Bertz CT molecular complexity index is 1910. The van der Waals surface area contributed by atoms with Gasteiger partial charge in [0.2, 0.25) is 29.5 Å². The first-order valence-corrected chi connectivity index (χ1v) is 19.9. The van der Waals surface area contributed by atoms with Crippen LogP contribution >= 0.6 is 0 Å². The molecule has 0 spiro atoms. The molecule has 0 bridgehead atoms. The van der Waals surface area contributed by atoms with Gasteiger partial charge in [0.25, 0.3) is 0 Å². The summed E-state index contributed by atoms with van der Waals surface area (Å²) in [5.41, 5.74) is 9.32. The molecular weight excluding hydrogens is 784 g/mol. The summed E-state index contributed by atoms with van der Waals surface area (Å²) >= 11 is 0. The van der Waals surface area contributed by atoms with Crippen LogP contribution in [0, 0.1) is 17.8 Å². The maximum atomic E-state index is 14.0. The Hall–Kier alpha value is -5.88. The largest absolute Gasteiger partial charge is 0.488 e. The molecule has 0 radical (unpaired) electrons. The lowest BCUT2D eigenvalue weighted by Gasteiger charge is -2.33. The summed E-state index contributed by atoms with van der Waals surface area (Å²) < 4.78 is 11.7. The van der Waals surface area contributed by atoms with Crippen LogP contribution in [0.2, 0.25) is 0 Å². The van der Waals surface area contributed by atoms with Gasteiger partial charge in [-0.15, -0.1) is 0 Å². The van der Waals surface area contributed by atoms with Crippen LogP contribution in [0.5, 0.6) is 0 Å². The molecule has 61 heavy (non-hydrogen) atoms. The van der Waals surface area contributed by atoms with Gasteiger partial charge in [0, 0.05) is 30.8 Å².